The van der Waals surface area contributed by atoms with Crippen molar-refractivity contribution >= 4 is 0 Å². The molecule has 0 aliphatic carbocycles. The molecule has 20 heavy (non-hydrogen) atoms. The van der Waals surface area contributed by atoms with Crippen LogP contribution in [-0.2, 0) is 6.61 Å². The Hall–Kier alpha value is -2.78. The maximum atomic E-state index is 8.92. The lowest BCUT2D eigenvalue weighted by Gasteiger charge is -2.12. The SMILES string of the molecule is Cc1cc(C#N)cc(C)c1OCc1ccc(C#N)cc1. The highest BCUT2D eigenvalue weighted by atomic mass is 16.5. The molecule has 0 aliphatic rings. The van der Waals surface area contributed by atoms with E-state index in [0.717, 1.165) is 22.4 Å². The summed E-state index contributed by atoms with van der Waals surface area (Å²) >= 11 is 0. The summed E-state index contributed by atoms with van der Waals surface area (Å²) in [5, 5.41) is 17.7. The molecule has 0 N–H and O–H groups in total. The fraction of sp³-hybridized carbons (Fsp3) is 0.176. The first-order chi connectivity index (χ1) is 9.63. The van der Waals surface area contributed by atoms with Crippen molar-refractivity contribution < 1.29 is 4.74 Å². The summed E-state index contributed by atoms with van der Waals surface area (Å²) in [4.78, 5) is 0. The zero-order chi connectivity index (χ0) is 14.5. The van der Waals surface area contributed by atoms with Crippen LogP contribution in [0.25, 0.3) is 0 Å². The van der Waals surface area contributed by atoms with Crippen molar-refractivity contribution in [2.45, 2.75) is 20.5 Å². The molecule has 0 aromatic heterocycles. The summed E-state index contributed by atoms with van der Waals surface area (Å²) in [7, 11) is 0. The van der Waals surface area contributed by atoms with E-state index in [1.54, 1.807) is 12.1 Å². The Bertz CT molecular complexity index is 680. The Morgan fingerprint density at radius 2 is 1.45 bits per heavy atom. The highest BCUT2D eigenvalue weighted by Crippen LogP contribution is 2.25. The summed E-state index contributed by atoms with van der Waals surface area (Å²) < 4.78 is 5.83. The van der Waals surface area contributed by atoms with Crippen LogP contribution in [-0.4, -0.2) is 0 Å². The molecule has 2 aromatic rings. The van der Waals surface area contributed by atoms with Crippen LogP contribution >= 0.6 is 0 Å². The van der Waals surface area contributed by atoms with E-state index in [1.165, 1.54) is 0 Å². The smallest absolute Gasteiger partial charge is 0.125 e. The number of rotatable bonds is 3. The van der Waals surface area contributed by atoms with Crippen LogP contribution in [0.2, 0.25) is 0 Å². The minimum Gasteiger partial charge on any atom is -0.488 e. The predicted molar refractivity (Wildman–Crippen MR) is 76.1 cm³/mol. The van der Waals surface area contributed by atoms with Gasteiger partial charge in [0.1, 0.15) is 12.4 Å². The van der Waals surface area contributed by atoms with Gasteiger partial charge in [0.15, 0.2) is 0 Å². The molecule has 2 aromatic carbocycles. The van der Waals surface area contributed by atoms with Crippen LogP contribution in [0, 0.1) is 36.5 Å². The van der Waals surface area contributed by atoms with E-state index >= 15 is 0 Å². The van der Waals surface area contributed by atoms with Gasteiger partial charge in [0.2, 0.25) is 0 Å². The van der Waals surface area contributed by atoms with Crippen molar-refractivity contribution in [1.29, 1.82) is 10.5 Å². The van der Waals surface area contributed by atoms with Gasteiger partial charge in [0.05, 0.1) is 23.3 Å². The highest BCUT2D eigenvalue weighted by molar-refractivity contribution is 5.47. The Kier molecular flexibility index (Phi) is 4.03. The van der Waals surface area contributed by atoms with Crippen LogP contribution in [0.4, 0.5) is 0 Å². The average Bonchev–Trinajstić information content (AvgIpc) is 2.46. The number of nitriles is 2. The van der Waals surface area contributed by atoms with Gasteiger partial charge in [-0.1, -0.05) is 12.1 Å². The molecule has 0 atom stereocenters. The third-order valence-corrected chi connectivity index (χ3v) is 3.06. The quantitative estimate of drug-likeness (QED) is 0.848. The average molecular weight is 262 g/mol. The van der Waals surface area contributed by atoms with E-state index in [2.05, 4.69) is 12.1 Å². The first-order valence-corrected chi connectivity index (χ1v) is 6.27. The van der Waals surface area contributed by atoms with Crippen molar-refractivity contribution in [3.05, 3.63) is 64.2 Å². The number of hydrogen-bond acceptors (Lipinski definition) is 3. The molecule has 0 amide bonds. The third kappa shape index (κ3) is 2.96. The molecule has 0 saturated heterocycles. The van der Waals surface area contributed by atoms with E-state index in [0.29, 0.717) is 17.7 Å². The Balaban J connectivity index is 2.15. The second-order valence-electron chi connectivity index (χ2n) is 4.65. The van der Waals surface area contributed by atoms with E-state index in [9.17, 15) is 0 Å². The highest BCUT2D eigenvalue weighted by Gasteiger charge is 2.06. The largest absolute Gasteiger partial charge is 0.488 e. The van der Waals surface area contributed by atoms with Gasteiger partial charge < -0.3 is 4.74 Å². The molecule has 0 fully saturated rings. The van der Waals surface area contributed by atoms with E-state index in [4.69, 9.17) is 15.3 Å². The van der Waals surface area contributed by atoms with Gasteiger partial charge in [0, 0.05) is 0 Å². The number of aryl methyl sites for hydroxylation is 2. The van der Waals surface area contributed by atoms with Gasteiger partial charge in [-0.2, -0.15) is 10.5 Å². The molecule has 0 saturated carbocycles. The van der Waals surface area contributed by atoms with Crippen molar-refractivity contribution in [1.82, 2.24) is 0 Å². The molecule has 0 heterocycles. The van der Waals surface area contributed by atoms with Gasteiger partial charge >= 0.3 is 0 Å². The number of benzene rings is 2. The van der Waals surface area contributed by atoms with Crippen LogP contribution in [0.3, 0.4) is 0 Å². The molecule has 0 unspecified atom stereocenters. The molecular weight excluding hydrogens is 248 g/mol. The fourth-order valence-electron chi connectivity index (χ4n) is 2.07. The van der Waals surface area contributed by atoms with Gasteiger partial charge in [-0.05, 0) is 54.8 Å². The van der Waals surface area contributed by atoms with E-state index < -0.39 is 0 Å². The standard InChI is InChI=1S/C17H14N2O/c1-12-7-16(10-19)8-13(2)17(12)20-11-15-5-3-14(9-18)4-6-15/h3-8H,11H2,1-2H3. The lowest BCUT2D eigenvalue weighted by atomic mass is 10.1. The molecule has 0 bridgehead atoms. The van der Waals surface area contributed by atoms with Crippen molar-refractivity contribution in [2.75, 3.05) is 0 Å². The molecule has 3 nitrogen and oxygen atoms in total. The normalized spacial score (nSPS) is 9.60. The third-order valence-electron chi connectivity index (χ3n) is 3.06. The van der Waals surface area contributed by atoms with Gasteiger partial charge in [-0.25, -0.2) is 0 Å². The minimum absolute atomic E-state index is 0.444. The van der Waals surface area contributed by atoms with Crippen LogP contribution in [0.15, 0.2) is 36.4 Å². The second kappa shape index (κ2) is 5.91. The Labute approximate surface area is 118 Å². The lowest BCUT2D eigenvalue weighted by Crippen LogP contribution is -1.99. The van der Waals surface area contributed by atoms with Gasteiger partial charge in [-0.15, -0.1) is 0 Å². The van der Waals surface area contributed by atoms with E-state index in [1.807, 2.05) is 38.1 Å². The fourth-order valence-corrected chi connectivity index (χ4v) is 2.07. The predicted octanol–water partition coefficient (Wildman–Crippen LogP) is 3.63. The molecule has 0 aliphatic heterocycles. The Morgan fingerprint density at radius 3 is 1.95 bits per heavy atom. The number of nitrogens with zero attached hydrogens (tertiary/aromatic N) is 2. The van der Waals surface area contributed by atoms with Crippen molar-refractivity contribution in [2.24, 2.45) is 0 Å². The van der Waals surface area contributed by atoms with Crippen molar-refractivity contribution in [3.63, 3.8) is 0 Å². The second-order valence-corrected chi connectivity index (χ2v) is 4.65. The Morgan fingerprint density at radius 1 is 0.900 bits per heavy atom. The molecule has 0 radical (unpaired) electrons. The summed E-state index contributed by atoms with van der Waals surface area (Å²) in [5.41, 5.74) is 4.20. The zero-order valence-electron chi connectivity index (χ0n) is 11.5. The molecule has 3 heteroatoms. The molecule has 98 valence electrons. The maximum Gasteiger partial charge on any atom is 0.125 e. The zero-order valence-corrected chi connectivity index (χ0v) is 11.5. The topological polar surface area (TPSA) is 56.8 Å². The van der Waals surface area contributed by atoms with Crippen molar-refractivity contribution in [3.8, 4) is 17.9 Å². The van der Waals surface area contributed by atoms with Crippen LogP contribution in [0.5, 0.6) is 5.75 Å². The van der Waals surface area contributed by atoms with Gasteiger partial charge in [-0.3, -0.25) is 0 Å². The number of ether oxygens (including phenoxy) is 1. The summed E-state index contributed by atoms with van der Waals surface area (Å²) in [6.45, 7) is 4.31. The van der Waals surface area contributed by atoms with E-state index in [-0.39, 0.29) is 0 Å². The first-order valence-electron chi connectivity index (χ1n) is 6.27. The maximum absolute atomic E-state index is 8.92. The monoisotopic (exact) mass is 262 g/mol. The van der Waals surface area contributed by atoms with Gasteiger partial charge in [0.25, 0.3) is 0 Å². The minimum atomic E-state index is 0.444. The molecule has 0 spiro atoms. The van der Waals surface area contributed by atoms with Crippen LogP contribution in [0.1, 0.15) is 27.8 Å². The van der Waals surface area contributed by atoms with Crippen LogP contribution < -0.4 is 4.74 Å². The number of hydrogen-bond donors (Lipinski definition) is 0. The lowest BCUT2D eigenvalue weighted by molar-refractivity contribution is 0.302. The summed E-state index contributed by atoms with van der Waals surface area (Å²) in [5.74, 6) is 0.813. The molecule has 2 rings (SSSR count). The summed E-state index contributed by atoms with van der Waals surface area (Å²) in [6, 6.07) is 15.2. The first kappa shape index (κ1) is 13.6. The summed E-state index contributed by atoms with van der Waals surface area (Å²) in [6.07, 6.45) is 0. The molecular formula is C17H14N2O.